The number of benzene rings is 2. The van der Waals surface area contributed by atoms with Gasteiger partial charge < -0.3 is 4.74 Å². The van der Waals surface area contributed by atoms with E-state index in [0.717, 1.165) is 42.3 Å². The van der Waals surface area contributed by atoms with Gasteiger partial charge in [0.25, 0.3) is 5.91 Å². The summed E-state index contributed by atoms with van der Waals surface area (Å²) in [7, 11) is 0. The fourth-order valence-electron chi connectivity index (χ4n) is 3.58. The van der Waals surface area contributed by atoms with Crippen molar-refractivity contribution in [2.24, 2.45) is 5.92 Å². The third kappa shape index (κ3) is 3.26. The number of ether oxygens (including phenoxy) is 1. The number of hydrogen-bond acceptors (Lipinski definition) is 2. The van der Waals surface area contributed by atoms with Gasteiger partial charge in [-0.2, -0.15) is 0 Å². The molecule has 1 heterocycles. The van der Waals surface area contributed by atoms with Gasteiger partial charge in [-0.1, -0.05) is 31.9 Å². The van der Waals surface area contributed by atoms with E-state index in [4.69, 9.17) is 4.74 Å². The van der Waals surface area contributed by atoms with Crippen LogP contribution in [0.25, 0.3) is 10.9 Å². The molecule has 134 valence electrons. The number of aryl methyl sites for hydroxylation is 2. The van der Waals surface area contributed by atoms with E-state index in [2.05, 4.69) is 19.1 Å². The zero-order chi connectivity index (χ0) is 18.1. The van der Waals surface area contributed by atoms with Gasteiger partial charge in [-0.3, -0.25) is 9.36 Å². The molecule has 1 fully saturated rings. The Morgan fingerprint density at radius 1 is 1.15 bits per heavy atom. The first-order chi connectivity index (χ1) is 12.7. The van der Waals surface area contributed by atoms with Gasteiger partial charge in [0, 0.05) is 16.6 Å². The Bertz CT molecular complexity index is 933. The smallest absolute Gasteiger partial charge is 0.262 e. The fourth-order valence-corrected chi connectivity index (χ4v) is 3.58. The maximum atomic E-state index is 13.1. The lowest BCUT2D eigenvalue weighted by Crippen LogP contribution is -2.13. The SMILES string of the molecule is CCc1cccc2c1cc(C)n2C(=O)c1ccc(OCCC2CC2)cc1. The van der Waals surface area contributed by atoms with E-state index in [1.807, 2.05) is 47.9 Å². The molecule has 2 aromatic carbocycles. The van der Waals surface area contributed by atoms with Crippen LogP contribution in [0.3, 0.4) is 0 Å². The molecular weight excluding hydrogens is 322 g/mol. The van der Waals surface area contributed by atoms with Crippen LogP contribution in [0.5, 0.6) is 5.75 Å². The molecule has 0 radical (unpaired) electrons. The van der Waals surface area contributed by atoms with Crippen molar-refractivity contribution in [3.8, 4) is 5.75 Å². The summed E-state index contributed by atoms with van der Waals surface area (Å²) in [6, 6.07) is 15.8. The minimum Gasteiger partial charge on any atom is -0.494 e. The zero-order valence-corrected chi connectivity index (χ0v) is 15.5. The molecule has 3 aromatic rings. The lowest BCUT2D eigenvalue weighted by molar-refractivity contribution is 0.0963. The number of carbonyl (C=O) groups is 1. The van der Waals surface area contributed by atoms with Gasteiger partial charge >= 0.3 is 0 Å². The predicted molar refractivity (Wildman–Crippen MR) is 105 cm³/mol. The highest BCUT2D eigenvalue weighted by Gasteiger charge is 2.20. The summed E-state index contributed by atoms with van der Waals surface area (Å²) in [6.45, 7) is 4.90. The second-order valence-corrected chi connectivity index (χ2v) is 7.23. The molecule has 1 aliphatic rings. The lowest BCUT2D eigenvalue weighted by atomic mass is 10.1. The standard InChI is InChI=1S/C23H25NO2/c1-3-18-5-4-6-22-21(18)15-16(2)24(22)23(25)19-9-11-20(12-10-19)26-14-13-17-7-8-17/h4-6,9-12,15,17H,3,7-8,13-14H2,1-2H3. The maximum absolute atomic E-state index is 13.1. The highest BCUT2D eigenvalue weighted by atomic mass is 16.5. The fraction of sp³-hybridized carbons (Fsp3) is 0.348. The van der Waals surface area contributed by atoms with Crippen molar-refractivity contribution in [2.75, 3.05) is 6.61 Å². The van der Waals surface area contributed by atoms with Crippen molar-refractivity contribution in [1.82, 2.24) is 4.57 Å². The minimum atomic E-state index is 0.00952. The Balaban J connectivity index is 1.57. The van der Waals surface area contributed by atoms with Gasteiger partial charge in [-0.05, 0) is 67.6 Å². The van der Waals surface area contributed by atoms with Crippen LogP contribution in [0.15, 0.2) is 48.5 Å². The number of hydrogen-bond donors (Lipinski definition) is 0. The summed E-state index contributed by atoms with van der Waals surface area (Å²) in [6.07, 6.45) is 4.79. The summed E-state index contributed by atoms with van der Waals surface area (Å²) in [4.78, 5) is 13.1. The van der Waals surface area contributed by atoms with E-state index in [1.54, 1.807) is 0 Å². The van der Waals surface area contributed by atoms with E-state index in [0.29, 0.717) is 5.56 Å². The first-order valence-corrected chi connectivity index (χ1v) is 9.55. The van der Waals surface area contributed by atoms with Crippen molar-refractivity contribution < 1.29 is 9.53 Å². The van der Waals surface area contributed by atoms with Crippen molar-refractivity contribution >= 4 is 16.8 Å². The largest absolute Gasteiger partial charge is 0.494 e. The van der Waals surface area contributed by atoms with Crippen LogP contribution >= 0.6 is 0 Å². The molecule has 1 aromatic heterocycles. The summed E-state index contributed by atoms with van der Waals surface area (Å²) in [5, 5.41) is 1.17. The number of aromatic nitrogens is 1. The van der Waals surface area contributed by atoms with Gasteiger partial charge in [0.15, 0.2) is 0 Å². The van der Waals surface area contributed by atoms with Crippen LogP contribution in [0.4, 0.5) is 0 Å². The van der Waals surface area contributed by atoms with E-state index < -0.39 is 0 Å². The molecule has 26 heavy (non-hydrogen) atoms. The third-order valence-corrected chi connectivity index (χ3v) is 5.30. The van der Waals surface area contributed by atoms with E-state index in [-0.39, 0.29) is 5.91 Å². The first kappa shape index (κ1) is 16.9. The Labute approximate surface area is 154 Å². The first-order valence-electron chi connectivity index (χ1n) is 9.55. The normalized spacial score (nSPS) is 13.9. The van der Waals surface area contributed by atoms with Crippen LogP contribution in [0.2, 0.25) is 0 Å². The van der Waals surface area contributed by atoms with Gasteiger partial charge in [0.1, 0.15) is 5.75 Å². The zero-order valence-electron chi connectivity index (χ0n) is 15.5. The van der Waals surface area contributed by atoms with Crippen LogP contribution in [0, 0.1) is 12.8 Å². The number of fused-ring (bicyclic) bond motifs is 1. The molecule has 0 N–H and O–H groups in total. The highest BCUT2D eigenvalue weighted by Crippen LogP contribution is 2.32. The van der Waals surface area contributed by atoms with Gasteiger partial charge in [0.2, 0.25) is 0 Å². The summed E-state index contributed by atoms with van der Waals surface area (Å²) < 4.78 is 7.61. The summed E-state index contributed by atoms with van der Waals surface area (Å²) in [5.74, 6) is 1.72. The Morgan fingerprint density at radius 2 is 1.92 bits per heavy atom. The number of nitrogens with zero attached hydrogens (tertiary/aromatic N) is 1. The molecule has 0 bridgehead atoms. The highest BCUT2D eigenvalue weighted by molar-refractivity contribution is 6.03. The van der Waals surface area contributed by atoms with Crippen LogP contribution in [0.1, 0.15) is 47.8 Å². The Hall–Kier alpha value is -2.55. The van der Waals surface area contributed by atoms with E-state index in [9.17, 15) is 4.79 Å². The topological polar surface area (TPSA) is 31.2 Å². The molecule has 4 rings (SSSR count). The Kier molecular flexibility index (Phi) is 4.54. The van der Waals surface area contributed by atoms with Gasteiger partial charge in [-0.15, -0.1) is 0 Å². The molecule has 3 nitrogen and oxygen atoms in total. The third-order valence-electron chi connectivity index (χ3n) is 5.30. The Morgan fingerprint density at radius 3 is 2.62 bits per heavy atom. The maximum Gasteiger partial charge on any atom is 0.262 e. The molecule has 1 saturated carbocycles. The second kappa shape index (κ2) is 6.99. The van der Waals surface area contributed by atoms with Gasteiger partial charge in [-0.25, -0.2) is 0 Å². The van der Waals surface area contributed by atoms with Crippen molar-refractivity contribution in [3.63, 3.8) is 0 Å². The van der Waals surface area contributed by atoms with Crippen LogP contribution in [-0.4, -0.2) is 17.1 Å². The van der Waals surface area contributed by atoms with Crippen molar-refractivity contribution in [2.45, 2.75) is 39.5 Å². The molecule has 3 heteroatoms. The molecule has 0 amide bonds. The molecule has 0 spiro atoms. The molecular formula is C23H25NO2. The molecule has 0 atom stereocenters. The molecule has 0 aliphatic heterocycles. The van der Waals surface area contributed by atoms with E-state index in [1.165, 1.54) is 23.8 Å². The average Bonchev–Trinajstić information content (AvgIpc) is 3.41. The summed E-state index contributed by atoms with van der Waals surface area (Å²) >= 11 is 0. The van der Waals surface area contributed by atoms with Crippen molar-refractivity contribution in [3.05, 3.63) is 65.4 Å². The molecule has 0 unspecified atom stereocenters. The molecule has 1 aliphatic carbocycles. The lowest BCUT2D eigenvalue weighted by Gasteiger charge is -2.09. The minimum absolute atomic E-state index is 0.00952. The number of carbonyl (C=O) groups excluding carboxylic acids is 1. The van der Waals surface area contributed by atoms with Crippen LogP contribution < -0.4 is 4.74 Å². The quantitative estimate of drug-likeness (QED) is 0.599. The molecule has 0 saturated heterocycles. The van der Waals surface area contributed by atoms with Gasteiger partial charge in [0.05, 0.1) is 12.1 Å². The monoisotopic (exact) mass is 347 g/mol. The van der Waals surface area contributed by atoms with Crippen molar-refractivity contribution in [1.29, 1.82) is 0 Å². The second-order valence-electron chi connectivity index (χ2n) is 7.23. The predicted octanol–water partition coefficient (Wildman–Crippen LogP) is 5.38. The number of rotatable bonds is 6. The van der Waals surface area contributed by atoms with Crippen LogP contribution in [-0.2, 0) is 6.42 Å². The van der Waals surface area contributed by atoms with E-state index >= 15 is 0 Å². The summed E-state index contributed by atoms with van der Waals surface area (Å²) in [5.41, 5.74) is 3.91. The average molecular weight is 347 g/mol.